The van der Waals surface area contributed by atoms with Gasteiger partial charge in [-0.2, -0.15) is 5.10 Å². The van der Waals surface area contributed by atoms with Crippen molar-refractivity contribution in [1.82, 2.24) is 9.36 Å². The first-order valence-electron chi connectivity index (χ1n) is 9.12. The molecule has 1 N–H and O–H groups in total. The molecule has 1 aliphatic rings. The highest BCUT2D eigenvalue weighted by molar-refractivity contribution is 5.86. The largest absolute Gasteiger partial charge is 0.466 e. The third-order valence-corrected chi connectivity index (χ3v) is 4.87. The number of nitrogens with zero attached hydrogens (tertiary/aromatic N) is 4. The van der Waals surface area contributed by atoms with Crippen molar-refractivity contribution in [3.05, 3.63) is 79.8 Å². The Hall–Kier alpha value is -3.92. The predicted octanol–water partition coefficient (Wildman–Crippen LogP) is 2.71. The molecule has 0 spiro atoms. The lowest BCUT2D eigenvalue weighted by atomic mass is 10.1. The Bertz CT molecular complexity index is 1200. The van der Waals surface area contributed by atoms with Crippen LogP contribution >= 0.6 is 0 Å². The van der Waals surface area contributed by atoms with Crippen molar-refractivity contribution in [2.75, 3.05) is 12.2 Å². The molecule has 0 unspecified atom stereocenters. The van der Waals surface area contributed by atoms with Crippen molar-refractivity contribution < 1.29 is 14.4 Å². The first kappa shape index (κ1) is 19.4. The topological polar surface area (TPSA) is 113 Å². The number of hydrogen-bond acceptors (Lipinski definition) is 7. The summed E-state index contributed by atoms with van der Waals surface area (Å²) in [4.78, 5) is 23.6. The van der Waals surface area contributed by atoms with E-state index in [4.69, 9.17) is 9.47 Å². The molecule has 0 fully saturated rings. The number of rotatable bonds is 5. The average Bonchev–Trinajstić information content (AvgIpc) is 2.97. The van der Waals surface area contributed by atoms with Crippen LogP contribution in [-0.4, -0.2) is 27.3 Å². The van der Waals surface area contributed by atoms with E-state index in [-0.39, 0.29) is 24.6 Å². The van der Waals surface area contributed by atoms with Crippen molar-refractivity contribution in [3.8, 4) is 11.4 Å². The first-order valence-corrected chi connectivity index (χ1v) is 9.12. The van der Waals surface area contributed by atoms with Crippen LogP contribution in [0, 0.1) is 17.0 Å². The molecule has 0 atom stereocenters. The number of nitro groups is 1. The van der Waals surface area contributed by atoms with Gasteiger partial charge >= 0.3 is 0 Å². The maximum atomic E-state index is 12.9. The van der Waals surface area contributed by atoms with Crippen molar-refractivity contribution in [3.63, 3.8) is 0 Å². The van der Waals surface area contributed by atoms with Gasteiger partial charge in [-0.05, 0) is 19.1 Å². The number of fused-ring (bicyclic) bond motifs is 1. The minimum atomic E-state index is -0.487. The Morgan fingerprint density at radius 1 is 1.27 bits per heavy atom. The third-order valence-electron chi connectivity index (χ3n) is 4.87. The van der Waals surface area contributed by atoms with Gasteiger partial charge in [-0.3, -0.25) is 25.0 Å². The summed E-state index contributed by atoms with van der Waals surface area (Å²) in [5, 5.41) is 15.4. The maximum Gasteiger partial charge on any atom is 0.296 e. The smallest absolute Gasteiger partial charge is 0.296 e. The van der Waals surface area contributed by atoms with Gasteiger partial charge in [0.15, 0.2) is 6.79 Å². The lowest BCUT2D eigenvalue weighted by Gasteiger charge is -2.19. The number of para-hydroxylation sites is 1. The van der Waals surface area contributed by atoms with E-state index in [9.17, 15) is 14.9 Å². The van der Waals surface area contributed by atoms with Crippen molar-refractivity contribution in [2.45, 2.75) is 13.5 Å². The van der Waals surface area contributed by atoms with Crippen LogP contribution < -0.4 is 15.7 Å². The summed E-state index contributed by atoms with van der Waals surface area (Å²) in [5.74, 6) is 0.476. The zero-order valence-corrected chi connectivity index (χ0v) is 16.4. The fourth-order valence-electron chi connectivity index (χ4n) is 3.30. The van der Waals surface area contributed by atoms with Gasteiger partial charge in [0.05, 0.1) is 29.1 Å². The number of ether oxygens (including phenoxy) is 2. The van der Waals surface area contributed by atoms with E-state index in [1.807, 2.05) is 30.3 Å². The van der Waals surface area contributed by atoms with E-state index in [0.29, 0.717) is 28.3 Å². The molecule has 1 aromatic heterocycles. The molecule has 2 aromatic carbocycles. The number of non-ortho nitro benzene ring substituents is 1. The van der Waals surface area contributed by atoms with Gasteiger partial charge in [0, 0.05) is 30.3 Å². The molecule has 10 nitrogen and oxygen atoms in total. The Balaban J connectivity index is 1.67. The molecule has 0 radical (unpaired) electrons. The molecule has 0 saturated carbocycles. The van der Waals surface area contributed by atoms with Crippen LogP contribution in [0.5, 0.6) is 5.75 Å². The van der Waals surface area contributed by atoms with Crippen LogP contribution in [0.1, 0.15) is 16.8 Å². The van der Waals surface area contributed by atoms with Crippen LogP contribution in [0.25, 0.3) is 5.69 Å². The molecule has 0 amide bonds. The summed E-state index contributed by atoms with van der Waals surface area (Å²) in [6.07, 6.45) is 1.40. The Kier molecular flexibility index (Phi) is 5.07. The number of hydrazone groups is 1. The van der Waals surface area contributed by atoms with E-state index < -0.39 is 4.92 Å². The zero-order valence-electron chi connectivity index (χ0n) is 16.4. The van der Waals surface area contributed by atoms with E-state index in [0.717, 1.165) is 5.69 Å². The maximum absolute atomic E-state index is 12.9. The molecular weight excluding hydrogens is 390 g/mol. The van der Waals surface area contributed by atoms with Crippen molar-refractivity contribution in [2.24, 2.45) is 12.1 Å². The van der Waals surface area contributed by atoms with Gasteiger partial charge in [-0.15, -0.1) is 0 Å². The fourth-order valence-corrected chi connectivity index (χ4v) is 3.30. The average molecular weight is 409 g/mol. The molecule has 4 rings (SSSR count). The molecule has 3 aromatic rings. The normalized spacial score (nSPS) is 13.1. The molecular formula is C20H19N5O5. The molecule has 0 saturated heterocycles. The molecule has 2 heterocycles. The Morgan fingerprint density at radius 3 is 2.77 bits per heavy atom. The second kappa shape index (κ2) is 7.84. The second-order valence-corrected chi connectivity index (χ2v) is 6.70. The van der Waals surface area contributed by atoms with Gasteiger partial charge in [-0.25, -0.2) is 4.68 Å². The minimum absolute atomic E-state index is 0.0542. The van der Waals surface area contributed by atoms with Crippen LogP contribution in [-0.2, 0) is 18.4 Å². The highest BCUT2D eigenvalue weighted by atomic mass is 16.7. The standard InChI is InChI=1S/C20H19N5O5/c1-13-18(20(26)24(23(13)2)16-6-4-3-5-7-16)22-21-10-14-8-17(25(27)28)9-15-11-29-12-30-19(14)15/h3-10,22H,11-12H2,1-2H3/b21-10+. The van der Waals surface area contributed by atoms with Crippen molar-refractivity contribution >= 4 is 17.6 Å². The summed E-state index contributed by atoms with van der Waals surface area (Å²) in [7, 11) is 1.78. The molecule has 0 bridgehead atoms. The highest BCUT2D eigenvalue weighted by Gasteiger charge is 2.20. The monoisotopic (exact) mass is 409 g/mol. The van der Waals surface area contributed by atoms with E-state index in [1.165, 1.54) is 23.0 Å². The third kappa shape index (κ3) is 3.44. The Labute approximate surface area is 171 Å². The molecule has 1 aliphatic heterocycles. The van der Waals surface area contributed by atoms with Gasteiger partial charge in [0.2, 0.25) is 0 Å². The van der Waals surface area contributed by atoms with Crippen LogP contribution in [0.2, 0.25) is 0 Å². The summed E-state index contributed by atoms with van der Waals surface area (Å²) < 4.78 is 13.9. The summed E-state index contributed by atoms with van der Waals surface area (Å²) in [6, 6.07) is 12.0. The minimum Gasteiger partial charge on any atom is -0.466 e. The number of hydrogen-bond donors (Lipinski definition) is 1. The van der Waals surface area contributed by atoms with Gasteiger partial charge in [0.1, 0.15) is 11.4 Å². The van der Waals surface area contributed by atoms with Crippen LogP contribution in [0.4, 0.5) is 11.4 Å². The first-order chi connectivity index (χ1) is 14.5. The van der Waals surface area contributed by atoms with Gasteiger partial charge in [-0.1, -0.05) is 18.2 Å². The number of nitrogens with one attached hydrogen (secondary N) is 1. The SMILES string of the molecule is Cc1c(N/N=C/c2cc([N+](=O)[O-])cc3c2OCOC3)c(=O)n(-c2ccccc2)n1C. The van der Waals surface area contributed by atoms with Crippen LogP contribution in [0.15, 0.2) is 52.4 Å². The van der Waals surface area contributed by atoms with E-state index >= 15 is 0 Å². The summed E-state index contributed by atoms with van der Waals surface area (Å²) >= 11 is 0. The molecule has 30 heavy (non-hydrogen) atoms. The number of anilines is 1. The molecule has 0 aliphatic carbocycles. The van der Waals surface area contributed by atoms with Gasteiger partial charge < -0.3 is 9.47 Å². The predicted molar refractivity (Wildman–Crippen MR) is 110 cm³/mol. The second-order valence-electron chi connectivity index (χ2n) is 6.70. The number of benzene rings is 2. The molecule has 154 valence electrons. The number of nitro benzene ring substituents is 1. The number of aromatic nitrogens is 2. The van der Waals surface area contributed by atoms with Crippen LogP contribution in [0.3, 0.4) is 0 Å². The van der Waals surface area contributed by atoms with Gasteiger partial charge in [0.25, 0.3) is 11.2 Å². The van der Waals surface area contributed by atoms with E-state index in [1.54, 1.807) is 18.7 Å². The quantitative estimate of drug-likeness (QED) is 0.394. The lowest BCUT2D eigenvalue weighted by Crippen LogP contribution is -2.20. The lowest BCUT2D eigenvalue weighted by molar-refractivity contribution is -0.385. The zero-order chi connectivity index (χ0) is 21.3. The molecule has 10 heteroatoms. The summed E-state index contributed by atoms with van der Waals surface area (Å²) in [5.41, 5.74) is 5.14. The highest BCUT2D eigenvalue weighted by Crippen LogP contribution is 2.31. The Morgan fingerprint density at radius 2 is 2.03 bits per heavy atom. The summed E-state index contributed by atoms with van der Waals surface area (Å²) in [6.45, 7) is 2.07. The fraction of sp³-hybridized carbons (Fsp3) is 0.200. The van der Waals surface area contributed by atoms with Crippen molar-refractivity contribution in [1.29, 1.82) is 0 Å². The van der Waals surface area contributed by atoms with E-state index in [2.05, 4.69) is 10.5 Å².